The van der Waals surface area contributed by atoms with Gasteiger partial charge in [-0.3, -0.25) is 4.90 Å². The molecule has 0 aromatic heterocycles. The molecule has 0 aliphatic carbocycles. The molecule has 1 aliphatic rings. The summed E-state index contributed by atoms with van der Waals surface area (Å²) in [5, 5.41) is 9.16. The summed E-state index contributed by atoms with van der Waals surface area (Å²) in [7, 11) is 0. The van der Waals surface area contributed by atoms with Crippen molar-refractivity contribution in [3.8, 4) is 6.07 Å². The van der Waals surface area contributed by atoms with E-state index in [1.807, 2.05) is 18.2 Å². The van der Waals surface area contributed by atoms with Gasteiger partial charge in [-0.1, -0.05) is 54.6 Å². The summed E-state index contributed by atoms with van der Waals surface area (Å²) in [4.78, 5) is 2.39. The molecule has 3 rings (SSSR count). The first-order valence-electron chi connectivity index (χ1n) is 7.31. The molecule has 0 amide bonds. The average Bonchev–Trinajstić information content (AvgIpc) is 2.57. The monoisotopic (exact) mass is 274 g/mol. The largest absolute Gasteiger partial charge is 0.295 e. The molecule has 1 heterocycles. The maximum Gasteiger partial charge on any atom is 0.0995 e. The van der Waals surface area contributed by atoms with Gasteiger partial charge >= 0.3 is 0 Å². The van der Waals surface area contributed by atoms with Crippen LogP contribution < -0.4 is 0 Å². The van der Waals surface area contributed by atoms with Crippen molar-refractivity contribution in [2.45, 2.75) is 13.0 Å². The minimum absolute atomic E-state index is 0.787. The third kappa shape index (κ3) is 3.21. The quantitative estimate of drug-likeness (QED) is 0.850. The number of rotatable bonds is 3. The third-order valence-corrected chi connectivity index (χ3v) is 3.97. The van der Waals surface area contributed by atoms with Crippen LogP contribution in [0.25, 0.3) is 5.57 Å². The molecule has 0 radical (unpaired) electrons. The summed E-state index contributed by atoms with van der Waals surface area (Å²) in [6.45, 7) is 2.84. The van der Waals surface area contributed by atoms with E-state index in [1.54, 1.807) is 0 Å². The highest BCUT2D eigenvalue weighted by atomic mass is 15.1. The fourth-order valence-electron chi connectivity index (χ4n) is 2.78. The standard InChI is InChI=1S/C19H18N2/c20-14-18-8-4-5-9-19(18)15-21-12-10-17(11-13-21)16-6-2-1-3-7-16/h1-10H,11-13,15H2. The van der Waals surface area contributed by atoms with Crippen LogP contribution in [0.4, 0.5) is 0 Å². The Balaban J connectivity index is 1.69. The first-order chi connectivity index (χ1) is 10.4. The number of hydrogen-bond donors (Lipinski definition) is 0. The molecule has 1 aliphatic heterocycles. The highest BCUT2D eigenvalue weighted by molar-refractivity contribution is 5.66. The van der Waals surface area contributed by atoms with Crippen molar-refractivity contribution in [2.24, 2.45) is 0 Å². The lowest BCUT2D eigenvalue weighted by atomic mass is 9.99. The fourth-order valence-corrected chi connectivity index (χ4v) is 2.78. The second kappa shape index (κ2) is 6.39. The normalized spacial score (nSPS) is 15.3. The zero-order valence-corrected chi connectivity index (χ0v) is 12.0. The molecule has 0 atom stereocenters. The van der Waals surface area contributed by atoms with Gasteiger partial charge in [-0.15, -0.1) is 0 Å². The molecule has 104 valence electrons. The van der Waals surface area contributed by atoms with E-state index in [2.05, 4.69) is 53.4 Å². The average molecular weight is 274 g/mol. The van der Waals surface area contributed by atoms with Gasteiger partial charge in [0.1, 0.15) is 0 Å². The van der Waals surface area contributed by atoms with Crippen LogP contribution >= 0.6 is 0 Å². The zero-order valence-electron chi connectivity index (χ0n) is 12.0. The van der Waals surface area contributed by atoms with Crippen LogP contribution in [0, 0.1) is 11.3 Å². The molecule has 0 saturated carbocycles. The lowest BCUT2D eigenvalue weighted by molar-refractivity contribution is 0.293. The highest BCUT2D eigenvalue weighted by Crippen LogP contribution is 2.23. The van der Waals surface area contributed by atoms with Crippen LogP contribution in [0.1, 0.15) is 23.1 Å². The minimum Gasteiger partial charge on any atom is -0.295 e. The number of nitriles is 1. The van der Waals surface area contributed by atoms with Crippen molar-refractivity contribution in [2.75, 3.05) is 13.1 Å². The van der Waals surface area contributed by atoms with Crippen molar-refractivity contribution in [3.05, 3.63) is 77.4 Å². The van der Waals surface area contributed by atoms with Crippen LogP contribution in [0.3, 0.4) is 0 Å². The van der Waals surface area contributed by atoms with Gasteiger partial charge < -0.3 is 0 Å². The van der Waals surface area contributed by atoms with E-state index in [0.29, 0.717) is 0 Å². The van der Waals surface area contributed by atoms with E-state index < -0.39 is 0 Å². The summed E-state index contributed by atoms with van der Waals surface area (Å²) in [6.07, 6.45) is 3.38. The molecule has 0 saturated heterocycles. The Morgan fingerprint density at radius 3 is 2.48 bits per heavy atom. The molecular weight excluding hydrogens is 256 g/mol. The molecule has 0 N–H and O–H groups in total. The van der Waals surface area contributed by atoms with Gasteiger partial charge in [-0.25, -0.2) is 0 Å². The molecule has 0 spiro atoms. The second-order valence-electron chi connectivity index (χ2n) is 5.35. The fraction of sp³-hybridized carbons (Fsp3) is 0.211. The van der Waals surface area contributed by atoms with Crippen LogP contribution in [0.2, 0.25) is 0 Å². The highest BCUT2D eigenvalue weighted by Gasteiger charge is 2.14. The number of hydrogen-bond acceptors (Lipinski definition) is 2. The second-order valence-corrected chi connectivity index (χ2v) is 5.35. The molecule has 2 aromatic rings. The molecule has 2 aromatic carbocycles. The van der Waals surface area contributed by atoms with Crippen LogP contribution in [-0.2, 0) is 6.54 Å². The van der Waals surface area contributed by atoms with Crippen molar-refractivity contribution >= 4 is 5.57 Å². The minimum atomic E-state index is 0.787. The van der Waals surface area contributed by atoms with E-state index in [9.17, 15) is 0 Å². The van der Waals surface area contributed by atoms with Gasteiger partial charge in [0.05, 0.1) is 11.6 Å². The van der Waals surface area contributed by atoms with Crippen LogP contribution in [0.5, 0.6) is 0 Å². The Morgan fingerprint density at radius 2 is 1.76 bits per heavy atom. The molecule has 2 heteroatoms. The van der Waals surface area contributed by atoms with Gasteiger partial charge in [-0.2, -0.15) is 5.26 Å². The van der Waals surface area contributed by atoms with Gasteiger partial charge in [0.25, 0.3) is 0 Å². The predicted octanol–water partition coefficient (Wildman–Crippen LogP) is 3.85. The van der Waals surface area contributed by atoms with Crippen molar-refractivity contribution < 1.29 is 0 Å². The maximum absolute atomic E-state index is 9.16. The lowest BCUT2D eigenvalue weighted by Gasteiger charge is -2.26. The van der Waals surface area contributed by atoms with Crippen LogP contribution in [0.15, 0.2) is 60.7 Å². The molecule has 0 bridgehead atoms. The summed E-state index contributed by atoms with van der Waals surface area (Å²) in [6, 6.07) is 20.7. The molecular formula is C19H18N2. The molecule has 0 fully saturated rings. The summed E-state index contributed by atoms with van der Waals surface area (Å²) < 4.78 is 0. The Hall–Kier alpha value is -2.37. The van der Waals surface area contributed by atoms with Crippen LogP contribution in [-0.4, -0.2) is 18.0 Å². The topological polar surface area (TPSA) is 27.0 Å². The third-order valence-electron chi connectivity index (χ3n) is 3.97. The van der Waals surface area contributed by atoms with E-state index in [0.717, 1.165) is 37.2 Å². The predicted molar refractivity (Wildman–Crippen MR) is 85.5 cm³/mol. The van der Waals surface area contributed by atoms with Crippen molar-refractivity contribution in [1.29, 1.82) is 5.26 Å². The van der Waals surface area contributed by atoms with Crippen molar-refractivity contribution in [3.63, 3.8) is 0 Å². The number of benzene rings is 2. The molecule has 2 nitrogen and oxygen atoms in total. The Labute approximate surface area is 126 Å². The van der Waals surface area contributed by atoms with E-state index in [1.165, 1.54) is 11.1 Å². The lowest BCUT2D eigenvalue weighted by Crippen LogP contribution is -2.28. The summed E-state index contributed by atoms with van der Waals surface area (Å²) in [5.41, 5.74) is 4.67. The summed E-state index contributed by atoms with van der Waals surface area (Å²) >= 11 is 0. The Kier molecular flexibility index (Phi) is 4.14. The molecule has 0 unspecified atom stereocenters. The van der Waals surface area contributed by atoms with Gasteiger partial charge in [0.15, 0.2) is 0 Å². The molecule has 21 heavy (non-hydrogen) atoms. The van der Waals surface area contributed by atoms with Gasteiger partial charge in [-0.05, 0) is 29.2 Å². The first kappa shape index (κ1) is 13.6. The maximum atomic E-state index is 9.16. The first-order valence-corrected chi connectivity index (χ1v) is 7.31. The zero-order chi connectivity index (χ0) is 14.5. The Morgan fingerprint density at radius 1 is 1.00 bits per heavy atom. The van der Waals surface area contributed by atoms with Gasteiger partial charge in [0.2, 0.25) is 0 Å². The van der Waals surface area contributed by atoms with E-state index in [-0.39, 0.29) is 0 Å². The smallest absolute Gasteiger partial charge is 0.0995 e. The van der Waals surface area contributed by atoms with Gasteiger partial charge in [0, 0.05) is 19.6 Å². The number of nitrogens with zero attached hydrogens (tertiary/aromatic N) is 2. The van der Waals surface area contributed by atoms with E-state index in [4.69, 9.17) is 5.26 Å². The Bertz CT molecular complexity index is 680. The SMILES string of the molecule is N#Cc1ccccc1CN1CC=C(c2ccccc2)CC1. The van der Waals surface area contributed by atoms with E-state index >= 15 is 0 Å². The summed E-state index contributed by atoms with van der Waals surface area (Å²) in [5.74, 6) is 0. The van der Waals surface area contributed by atoms with Crippen molar-refractivity contribution in [1.82, 2.24) is 4.90 Å².